The van der Waals surface area contributed by atoms with Crippen molar-refractivity contribution in [1.82, 2.24) is 10.6 Å². The molecule has 0 aromatic heterocycles. The first-order valence-corrected chi connectivity index (χ1v) is 6.80. The number of rotatable bonds is 8. The van der Waals surface area contributed by atoms with Gasteiger partial charge in [-0.3, -0.25) is 0 Å². The monoisotopic (exact) mass is 212 g/mol. The third kappa shape index (κ3) is 5.53. The lowest BCUT2D eigenvalue weighted by atomic mass is 10.0. The van der Waals surface area contributed by atoms with Crippen LogP contribution in [-0.4, -0.2) is 25.7 Å². The van der Waals surface area contributed by atoms with Crippen molar-refractivity contribution < 1.29 is 0 Å². The Morgan fingerprint density at radius 3 is 2.33 bits per heavy atom. The van der Waals surface area contributed by atoms with E-state index in [0.717, 1.165) is 25.0 Å². The predicted octanol–water partition coefficient (Wildman–Crippen LogP) is 2.54. The Labute approximate surface area is 95.2 Å². The van der Waals surface area contributed by atoms with Crippen molar-refractivity contribution in [3.63, 3.8) is 0 Å². The van der Waals surface area contributed by atoms with E-state index in [1.54, 1.807) is 0 Å². The fourth-order valence-electron chi connectivity index (χ4n) is 2.38. The predicted molar refractivity (Wildman–Crippen MR) is 67.2 cm³/mol. The number of hydrogen-bond acceptors (Lipinski definition) is 2. The maximum Gasteiger partial charge on any atom is 0.00793 e. The molecule has 2 N–H and O–H groups in total. The zero-order valence-corrected chi connectivity index (χ0v) is 10.5. The second-order valence-electron chi connectivity index (χ2n) is 4.82. The minimum atomic E-state index is 0.819. The van der Waals surface area contributed by atoms with Crippen molar-refractivity contribution >= 4 is 0 Å². The van der Waals surface area contributed by atoms with Crippen LogP contribution in [0.1, 0.15) is 52.4 Å². The molecule has 0 aromatic rings. The van der Waals surface area contributed by atoms with Gasteiger partial charge in [-0.15, -0.1) is 0 Å². The normalized spacial score (nSPS) is 17.8. The zero-order valence-electron chi connectivity index (χ0n) is 10.5. The minimum absolute atomic E-state index is 0.819. The molecular weight excluding hydrogens is 184 g/mol. The summed E-state index contributed by atoms with van der Waals surface area (Å²) in [7, 11) is 0. The molecule has 15 heavy (non-hydrogen) atoms. The Bertz CT molecular complexity index is 133. The molecule has 0 amide bonds. The average Bonchev–Trinajstić information content (AvgIpc) is 2.76. The molecule has 1 aliphatic carbocycles. The summed E-state index contributed by atoms with van der Waals surface area (Å²) in [5, 5.41) is 7.18. The van der Waals surface area contributed by atoms with Gasteiger partial charge in [0.05, 0.1) is 0 Å². The topological polar surface area (TPSA) is 24.1 Å². The SMILES string of the molecule is CCC(CC)CNCCNC1CCCC1. The summed E-state index contributed by atoms with van der Waals surface area (Å²) >= 11 is 0. The summed E-state index contributed by atoms with van der Waals surface area (Å²) in [6.07, 6.45) is 8.26. The summed E-state index contributed by atoms with van der Waals surface area (Å²) in [5.41, 5.74) is 0. The lowest BCUT2D eigenvalue weighted by Crippen LogP contribution is -2.35. The smallest absolute Gasteiger partial charge is 0.00793 e. The molecule has 0 aliphatic heterocycles. The van der Waals surface area contributed by atoms with Crippen LogP contribution in [0.4, 0.5) is 0 Å². The largest absolute Gasteiger partial charge is 0.315 e. The Balaban J connectivity index is 1.87. The summed E-state index contributed by atoms with van der Waals surface area (Å²) in [6, 6.07) is 0.819. The summed E-state index contributed by atoms with van der Waals surface area (Å²) in [5.74, 6) is 0.872. The lowest BCUT2D eigenvalue weighted by molar-refractivity contribution is 0.437. The van der Waals surface area contributed by atoms with Crippen LogP contribution < -0.4 is 10.6 Å². The van der Waals surface area contributed by atoms with E-state index >= 15 is 0 Å². The molecule has 0 saturated heterocycles. The van der Waals surface area contributed by atoms with Crippen LogP contribution in [0.2, 0.25) is 0 Å². The van der Waals surface area contributed by atoms with Gasteiger partial charge < -0.3 is 10.6 Å². The van der Waals surface area contributed by atoms with Crippen LogP contribution in [0.25, 0.3) is 0 Å². The summed E-state index contributed by atoms with van der Waals surface area (Å²) < 4.78 is 0. The molecule has 0 bridgehead atoms. The standard InChI is InChI=1S/C13H28N2/c1-3-12(4-2)11-14-9-10-15-13-7-5-6-8-13/h12-15H,3-11H2,1-2H3. The molecule has 90 valence electrons. The first-order valence-electron chi connectivity index (χ1n) is 6.80. The Morgan fingerprint density at radius 1 is 1.07 bits per heavy atom. The first kappa shape index (κ1) is 13.0. The van der Waals surface area contributed by atoms with E-state index in [2.05, 4.69) is 24.5 Å². The summed E-state index contributed by atoms with van der Waals surface area (Å²) in [4.78, 5) is 0. The molecule has 1 saturated carbocycles. The van der Waals surface area contributed by atoms with Gasteiger partial charge in [0.25, 0.3) is 0 Å². The maximum atomic E-state index is 3.63. The van der Waals surface area contributed by atoms with E-state index in [0.29, 0.717) is 0 Å². The zero-order chi connectivity index (χ0) is 10.9. The fraction of sp³-hybridized carbons (Fsp3) is 1.00. The van der Waals surface area contributed by atoms with Crippen LogP contribution >= 0.6 is 0 Å². The highest BCUT2D eigenvalue weighted by Gasteiger charge is 2.13. The van der Waals surface area contributed by atoms with Crippen LogP contribution in [0.15, 0.2) is 0 Å². The quantitative estimate of drug-likeness (QED) is 0.604. The second-order valence-corrected chi connectivity index (χ2v) is 4.82. The van der Waals surface area contributed by atoms with E-state index in [1.165, 1.54) is 45.1 Å². The molecule has 0 heterocycles. The molecule has 0 spiro atoms. The molecule has 1 aliphatic rings. The number of hydrogen-bond donors (Lipinski definition) is 2. The average molecular weight is 212 g/mol. The van der Waals surface area contributed by atoms with Crippen molar-refractivity contribution in [2.75, 3.05) is 19.6 Å². The van der Waals surface area contributed by atoms with E-state index in [-0.39, 0.29) is 0 Å². The van der Waals surface area contributed by atoms with Gasteiger partial charge in [-0.25, -0.2) is 0 Å². The molecule has 1 rings (SSSR count). The molecule has 1 fully saturated rings. The van der Waals surface area contributed by atoms with Crippen LogP contribution in [0.5, 0.6) is 0 Å². The van der Waals surface area contributed by atoms with E-state index in [9.17, 15) is 0 Å². The molecule has 2 nitrogen and oxygen atoms in total. The van der Waals surface area contributed by atoms with Gasteiger partial charge in [0, 0.05) is 19.1 Å². The molecule has 0 atom stereocenters. The van der Waals surface area contributed by atoms with Crippen molar-refractivity contribution in [3.8, 4) is 0 Å². The highest BCUT2D eigenvalue weighted by molar-refractivity contribution is 4.73. The maximum absolute atomic E-state index is 3.63. The Kier molecular flexibility index (Phi) is 7.03. The third-order valence-corrected chi connectivity index (χ3v) is 3.68. The van der Waals surface area contributed by atoms with Gasteiger partial charge in [-0.1, -0.05) is 39.5 Å². The van der Waals surface area contributed by atoms with E-state index in [1.807, 2.05) is 0 Å². The molecule has 0 radical (unpaired) electrons. The molecule has 2 heteroatoms. The Hall–Kier alpha value is -0.0800. The van der Waals surface area contributed by atoms with E-state index in [4.69, 9.17) is 0 Å². The molecule has 0 unspecified atom stereocenters. The van der Waals surface area contributed by atoms with Crippen LogP contribution in [0.3, 0.4) is 0 Å². The number of nitrogens with one attached hydrogen (secondary N) is 2. The van der Waals surface area contributed by atoms with Gasteiger partial charge in [-0.05, 0) is 25.3 Å². The highest BCUT2D eigenvalue weighted by atomic mass is 15.0. The van der Waals surface area contributed by atoms with Crippen molar-refractivity contribution in [2.45, 2.75) is 58.4 Å². The third-order valence-electron chi connectivity index (χ3n) is 3.68. The van der Waals surface area contributed by atoms with Crippen LogP contribution in [-0.2, 0) is 0 Å². The van der Waals surface area contributed by atoms with Crippen molar-refractivity contribution in [2.24, 2.45) is 5.92 Å². The van der Waals surface area contributed by atoms with Gasteiger partial charge >= 0.3 is 0 Å². The lowest BCUT2D eigenvalue weighted by Gasteiger charge is -2.15. The van der Waals surface area contributed by atoms with Gasteiger partial charge in [0.1, 0.15) is 0 Å². The van der Waals surface area contributed by atoms with Gasteiger partial charge in [-0.2, -0.15) is 0 Å². The van der Waals surface area contributed by atoms with E-state index < -0.39 is 0 Å². The minimum Gasteiger partial charge on any atom is -0.315 e. The highest BCUT2D eigenvalue weighted by Crippen LogP contribution is 2.17. The first-order chi connectivity index (χ1) is 7.36. The molecule has 0 aromatic carbocycles. The molecular formula is C13H28N2. The van der Waals surface area contributed by atoms with Crippen molar-refractivity contribution in [3.05, 3.63) is 0 Å². The Morgan fingerprint density at radius 2 is 1.73 bits per heavy atom. The van der Waals surface area contributed by atoms with Gasteiger partial charge in [0.2, 0.25) is 0 Å². The fourth-order valence-corrected chi connectivity index (χ4v) is 2.38. The van der Waals surface area contributed by atoms with Crippen molar-refractivity contribution in [1.29, 1.82) is 0 Å². The second kappa shape index (κ2) is 8.12. The van der Waals surface area contributed by atoms with Crippen LogP contribution in [0, 0.1) is 5.92 Å². The summed E-state index contributed by atoms with van der Waals surface area (Å²) in [6.45, 7) is 8.04. The van der Waals surface area contributed by atoms with Gasteiger partial charge in [0.15, 0.2) is 0 Å².